The molecule has 7 heteroatoms. The topological polar surface area (TPSA) is 79.6 Å². The highest BCUT2D eigenvalue weighted by molar-refractivity contribution is 5.97. The third kappa shape index (κ3) is 3.15. The Bertz CT molecular complexity index is 963. The zero-order valence-corrected chi connectivity index (χ0v) is 14.4. The molecule has 2 aromatic heterocycles. The Hall–Kier alpha value is -3.22. The van der Waals surface area contributed by atoms with E-state index in [1.165, 1.54) is 0 Å². The van der Waals surface area contributed by atoms with E-state index in [0.717, 1.165) is 22.7 Å². The Kier molecular flexibility index (Phi) is 4.12. The van der Waals surface area contributed by atoms with E-state index >= 15 is 0 Å². The predicted octanol–water partition coefficient (Wildman–Crippen LogP) is 1.74. The lowest BCUT2D eigenvalue weighted by molar-refractivity contribution is -0.127. The summed E-state index contributed by atoms with van der Waals surface area (Å²) in [5, 5.41) is 11.3. The Balaban J connectivity index is 1.42. The second kappa shape index (κ2) is 6.59. The largest absolute Gasteiger partial charge is 0.345 e. The van der Waals surface area contributed by atoms with Gasteiger partial charge in [-0.3, -0.25) is 14.0 Å². The van der Waals surface area contributed by atoms with Crippen molar-refractivity contribution in [2.45, 2.75) is 12.8 Å². The van der Waals surface area contributed by atoms with E-state index in [4.69, 9.17) is 0 Å². The Labute approximate surface area is 150 Å². The Morgan fingerprint density at radius 3 is 2.73 bits per heavy atom. The lowest BCUT2D eigenvalue weighted by Crippen LogP contribution is -2.25. The van der Waals surface area contributed by atoms with Crippen molar-refractivity contribution in [2.75, 3.05) is 18.9 Å². The highest BCUT2D eigenvalue weighted by atomic mass is 16.2. The molecule has 26 heavy (non-hydrogen) atoms. The van der Waals surface area contributed by atoms with Crippen LogP contribution in [0, 0.1) is 5.92 Å². The smallest absolute Gasteiger partial charge is 0.229 e. The zero-order valence-electron chi connectivity index (χ0n) is 14.4. The number of anilines is 1. The lowest BCUT2D eigenvalue weighted by atomic mass is 10.1. The van der Waals surface area contributed by atoms with Crippen LogP contribution in [-0.4, -0.2) is 44.9 Å². The van der Waals surface area contributed by atoms with Gasteiger partial charge in [-0.1, -0.05) is 18.2 Å². The van der Waals surface area contributed by atoms with Crippen molar-refractivity contribution in [2.24, 2.45) is 5.92 Å². The zero-order chi connectivity index (χ0) is 18.1. The van der Waals surface area contributed by atoms with Gasteiger partial charge in [-0.05, 0) is 29.8 Å². The van der Waals surface area contributed by atoms with E-state index in [1.54, 1.807) is 11.9 Å². The fourth-order valence-electron chi connectivity index (χ4n) is 3.18. The van der Waals surface area contributed by atoms with Crippen molar-refractivity contribution in [3.8, 4) is 0 Å². The number of fused-ring (bicyclic) bond motifs is 1. The number of nitrogens with one attached hydrogen (secondary N) is 1. The molecule has 3 heterocycles. The van der Waals surface area contributed by atoms with Crippen molar-refractivity contribution < 1.29 is 9.59 Å². The van der Waals surface area contributed by atoms with Gasteiger partial charge in [0.25, 0.3) is 0 Å². The number of pyridine rings is 1. The summed E-state index contributed by atoms with van der Waals surface area (Å²) in [6.45, 7) is 0.475. The molecular weight excluding hydrogens is 330 g/mol. The number of hydrogen-bond acceptors (Lipinski definition) is 4. The molecule has 0 unspecified atom stereocenters. The van der Waals surface area contributed by atoms with Crippen molar-refractivity contribution in [3.05, 3.63) is 60.0 Å². The van der Waals surface area contributed by atoms with Gasteiger partial charge >= 0.3 is 0 Å². The monoisotopic (exact) mass is 349 g/mol. The highest BCUT2D eigenvalue weighted by Gasteiger charge is 2.32. The number of rotatable bonds is 4. The van der Waals surface area contributed by atoms with Gasteiger partial charge in [0.2, 0.25) is 11.8 Å². The highest BCUT2D eigenvalue weighted by Crippen LogP contribution is 2.19. The molecule has 0 radical (unpaired) electrons. The molecule has 1 atom stereocenters. The molecule has 0 spiro atoms. The van der Waals surface area contributed by atoms with Gasteiger partial charge in [-0.25, -0.2) is 0 Å². The average Bonchev–Trinajstić information content (AvgIpc) is 3.20. The van der Waals surface area contributed by atoms with Gasteiger partial charge in [0.15, 0.2) is 5.65 Å². The molecule has 2 amide bonds. The number of carbonyl (C=O) groups is 2. The molecule has 4 rings (SSSR count). The van der Waals surface area contributed by atoms with Crippen LogP contribution < -0.4 is 5.32 Å². The molecule has 1 aliphatic rings. The summed E-state index contributed by atoms with van der Waals surface area (Å²) >= 11 is 0. The first-order valence-electron chi connectivity index (χ1n) is 8.52. The van der Waals surface area contributed by atoms with E-state index in [-0.39, 0.29) is 24.2 Å². The van der Waals surface area contributed by atoms with E-state index < -0.39 is 0 Å². The molecule has 1 fully saturated rings. The number of aromatic nitrogens is 3. The Morgan fingerprint density at radius 1 is 1.19 bits per heavy atom. The second-order valence-electron chi connectivity index (χ2n) is 6.58. The fourth-order valence-corrected chi connectivity index (χ4v) is 3.18. The number of carbonyl (C=O) groups excluding carboxylic acids is 2. The summed E-state index contributed by atoms with van der Waals surface area (Å²) in [6, 6.07) is 13.5. The summed E-state index contributed by atoms with van der Waals surface area (Å²) in [5.41, 5.74) is 2.63. The SMILES string of the molecule is CN1C[C@@H](C(=O)Nc2ccc(Cc3nnc4ccccn34)cc2)CC1=O. The van der Waals surface area contributed by atoms with E-state index in [1.807, 2.05) is 53.1 Å². The Morgan fingerprint density at radius 2 is 2.00 bits per heavy atom. The first kappa shape index (κ1) is 16.3. The molecule has 0 bridgehead atoms. The normalized spacial score (nSPS) is 17.0. The number of benzene rings is 1. The first-order chi connectivity index (χ1) is 12.6. The van der Waals surface area contributed by atoms with Gasteiger partial charge in [0.1, 0.15) is 5.82 Å². The lowest BCUT2D eigenvalue weighted by Gasteiger charge is -2.11. The van der Waals surface area contributed by atoms with Crippen LogP contribution >= 0.6 is 0 Å². The molecule has 0 saturated carbocycles. The maximum Gasteiger partial charge on any atom is 0.229 e. The molecular formula is C19H19N5O2. The van der Waals surface area contributed by atoms with Crippen LogP contribution in [0.2, 0.25) is 0 Å². The van der Waals surface area contributed by atoms with Crippen LogP contribution in [0.1, 0.15) is 17.8 Å². The minimum Gasteiger partial charge on any atom is -0.345 e. The van der Waals surface area contributed by atoms with Crippen LogP contribution in [0.5, 0.6) is 0 Å². The summed E-state index contributed by atoms with van der Waals surface area (Å²) in [5.74, 6) is 0.486. The number of hydrogen-bond donors (Lipinski definition) is 1. The van der Waals surface area contributed by atoms with Crippen LogP contribution in [0.3, 0.4) is 0 Å². The van der Waals surface area contributed by atoms with E-state index in [0.29, 0.717) is 13.0 Å². The van der Waals surface area contributed by atoms with Gasteiger partial charge in [-0.2, -0.15) is 0 Å². The average molecular weight is 349 g/mol. The summed E-state index contributed by atoms with van der Waals surface area (Å²) in [7, 11) is 1.72. The maximum atomic E-state index is 12.3. The van der Waals surface area contributed by atoms with Crippen LogP contribution in [0.15, 0.2) is 48.7 Å². The second-order valence-corrected chi connectivity index (χ2v) is 6.58. The first-order valence-corrected chi connectivity index (χ1v) is 8.52. The third-order valence-electron chi connectivity index (χ3n) is 4.68. The number of nitrogens with zero attached hydrogens (tertiary/aromatic N) is 4. The van der Waals surface area contributed by atoms with Gasteiger partial charge in [-0.15, -0.1) is 10.2 Å². The van der Waals surface area contributed by atoms with Gasteiger partial charge in [0.05, 0.1) is 5.92 Å². The van der Waals surface area contributed by atoms with Crippen molar-refractivity contribution in [1.29, 1.82) is 0 Å². The van der Waals surface area contributed by atoms with Crippen molar-refractivity contribution in [1.82, 2.24) is 19.5 Å². The molecule has 1 N–H and O–H groups in total. The molecule has 3 aromatic rings. The third-order valence-corrected chi connectivity index (χ3v) is 4.68. The van der Waals surface area contributed by atoms with Crippen molar-refractivity contribution in [3.63, 3.8) is 0 Å². The maximum absolute atomic E-state index is 12.3. The molecule has 7 nitrogen and oxygen atoms in total. The number of likely N-dealkylation sites (tertiary alicyclic amines) is 1. The fraction of sp³-hybridized carbons (Fsp3) is 0.263. The molecule has 1 aliphatic heterocycles. The molecule has 0 aliphatic carbocycles. The summed E-state index contributed by atoms with van der Waals surface area (Å²) < 4.78 is 1.96. The van der Waals surface area contributed by atoms with E-state index in [2.05, 4.69) is 15.5 Å². The summed E-state index contributed by atoms with van der Waals surface area (Å²) in [4.78, 5) is 25.4. The van der Waals surface area contributed by atoms with Crippen molar-refractivity contribution >= 4 is 23.1 Å². The standard InChI is InChI=1S/C19H19N5O2/c1-23-12-14(11-18(23)25)19(26)20-15-7-5-13(6-8-15)10-17-22-21-16-4-2-3-9-24(16)17/h2-9,14H,10-12H2,1H3,(H,20,26)/t14-/m0/s1. The summed E-state index contributed by atoms with van der Waals surface area (Å²) in [6.07, 6.45) is 2.88. The number of amides is 2. The van der Waals surface area contributed by atoms with Gasteiger partial charge < -0.3 is 10.2 Å². The minimum absolute atomic E-state index is 0.0148. The quantitative estimate of drug-likeness (QED) is 0.778. The molecule has 132 valence electrons. The van der Waals surface area contributed by atoms with Crippen LogP contribution in [0.25, 0.3) is 5.65 Å². The van der Waals surface area contributed by atoms with Crippen LogP contribution in [-0.2, 0) is 16.0 Å². The molecule has 1 saturated heterocycles. The minimum atomic E-state index is -0.283. The predicted molar refractivity (Wildman–Crippen MR) is 96.6 cm³/mol. The molecule has 1 aromatic carbocycles. The van der Waals surface area contributed by atoms with Crippen LogP contribution in [0.4, 0.5) is 5.69 Å². The van der Waals surface area contributed by atoms with E-state index in [9.17, 15) is 9.59 Å². The van der Waals surface area contributed by atoms with Gasteiger partial charge in [0, 0.05) is 38.3 Å².